The van der Waals surface area contributed by atoms with Crippen molar-refractivity contribution in [1.29, 1.82) is 0 Å². The van der Waals surface area contributed by atoms with E-state index in [9.17, 15) is 9.59 Å². The molecular formula is C25H26N2O4. The molecule has 3 aromatic rings. The first-order valence-corrected chi connectivity index (χ1v) is 11.0. The SMILES string of the molecule is O=C(Cc1ccc2c(c1)CCCC2)Nc1c(C(=O)N2CCOCC2)oc2ccccc12. The molecule has 0 saturated carbocycles. The number of aryl methyl sites for hydroxylation is 2. The number of nitrogens with one attached hydrogen (secondary N) is 1. The van der Waals surface area contributed by atoms with Crippen LogP contribution in [0.15, 0.2) is 46.9 Å². The highest BCUT2D eigenvalue weighted by Crippen LogP contribution is 2.32. The van der Waals surface area contributed by atoms with Crippen LogP contribution in [0.1, 0.15) is 40.1 Å². The maximum atomic E-state index is 13.1. The zero-order valence-electron chi connectivity index (χ0n) is 17.5. The number of carbonyl (C=O) groups excluding carboxylic acids is 2. The van der Waals surface area contributed by atoms with Crippen LogP contribution in [-0.2, 0) is 28.8 Å². The Morgan fingerprint density at radius 1 is 0.968 bits per heavy atom. The number of furan rings is 1. The number of carbonyl (C=O) groups is 2. The minimum atomic E-state index is -0.219. The minimum absolute atomic E-state index is 0.154. The third-order valence-electron chi connectivity index (χ3n) is 6.13. The van der Waals surface area contributed by atoms with Crippen LogP contribution in [0, 0.1) is 0 Å². The van der Waals surface area contributed by atoms with Gasteiger partial charge in [-0.05, 0) is 54.5 Å². The van der Waals surface area contributed by atoms with Gasteiger partial charge in [-0.25, -0.2) is 0 Å². The number of anilines is 1. The highest BCUT2D eigenvalue weighted by molar-refractivity contribution is 6.11. The molecule has 6 nitrogen and oxygen atoms in total. The fraction of sp³-hybridized carbons (Fsp3) is 0.360. The van der Waals surface area contributed by atoms with E-state index in [1.165, 1.54) is 24.0 Å². The monoisotopic (exact) mass is 418 g/mol. The van der Waals surface area contributed by atoms with Gasteiger partial charge >= 0.3 is 0 Å². The highest BCUT2D eigenvalue weighted by atomic mass is 16.5. The molecule has 1 saturated heterocycles. The summed E-state index contributed by atoms with van der Waals surface area (Å²) in [7, 11) is 0. The van der Waals surface area contributed by atoms with E-state index in [-0.39, 0.29) is 24.0 Å². The number of rotatable bonds is 4. The fourth-order valence-corrected chi connectivity index (χ4v) is 4.50. The van der Waals surface area contributed by atoms with E-state index >= 15 is 0 Å². The van der Waals surface area contributed by atoms with Gasteiger partial charge in [0.05, 0.1) is 19.6 Å². The smallest absolute Gasteiger partial charge is 0.291 e. The Morgan fingerprint density at radius 2 is 1.74 bits per heavy atom. The second-order valence-electron chi connectivity index (χ2n) is 8.24. The molecule has 1 aliphatic carbocycles. The summed E-state index contributed by atoms with van der Waals surface area (Å²) in [4.78, 5) is 27.8. The molecule has 2 heterocycles. The zero-order chi connectivity index (χ0) is 21.2. The number of amides is 2. The van der Waals surface area contributed by atoms with Gasteiger partial charge in [-0.2, -0.15) is 0 Å². The second kappa shape index (κ2) is 8.55. The maximum Gasteiger partial charge on any atom is 0.291 e. The molecule has 1 aliphatic heterocycles. The summed E-state index contributed by atoms with van der Waals surface area (Å²) in [5, 5.41) is 3.70. The molecule has 0 unspecified atom stereocenters. The lowest BCUT2D eigenvalue weighted by Gasteiger charge is -2.26. The van der Waals surface area contributed by atoms with Crippen molar-refractivity contribution in [3.05, 3.63) is 64.9 Å². The van der Waals surface area contributed by atoms with Gasteiger partial charge in [0, 0.05) is 18.5 Å². The Labute approximate surface area is 181 Å². The summed E-state index contributed by atoms with van der Waals surface area (Å²) in [6, 6.07) is 13.7. The molecule has 0 bridgehead atoms. The predicted octanol–water partition coefficient (Wildman–Crippen LogP) is 3.97. The molecule has 1 aromatic heterocycles. The van der Waals surface area contributed by atoms with Gasteiger partial charge in [0.15, 0.2) is 0 Å². The average molecular weight is 418 g/mol. The summed E-state index contributed by atoms with van der Waals surface area (Å²) in [5.74, 6) is -0.191. The first kappa shape index (κ1) is 19.8. The van der Waals surface area contributed by atoms with Gasteiger partial charge in [0.25, 0.3) is 5.91 Å². The fourth-order valence-electron chi connectivity index (χ4n) is 4.50. The van der Waals surface area contributed by atoms with E-state index in [2.05, 4.69) is 17.4 Å². The molecule has 1 fully saturated rings. The van der Waals surface area contributed by atoms with Gasteiger partial charge in [-0.15, -0.1) is 0 Å². The zero-order valence-corrected chi connectivity index (χ0v) is 17.5. The van der Waals surface area contributed by atoms with Crippen molar-refractivity contribution < 1.29 is 18.7 Å². The van der Waals surface area contributed by atoms with Gasteiger partial charge < -0.3 is 19.4 Å². The summed E-state index contributed by atoms with van der Waals surface area (Å²) in [5.41, 5.74) is 4.79. The van der Waals surface area contributed by atoms with Gasteiger partial charge in [-0.3, -0.25) is 9.59 Å². The summed E-state index contributed by atoms with van der Waals surface area (Å²) in [6.07, 6.45) is 4.90. The normalized spacial score (nSPS) is 16.2. The van der Waals surface area contributed by atoms with E-state index in [0.717, 1.165) is 23.8 Å². The molecule has 0 spiro atoms. The molecule has 6 heteroatoms. The average Bonchev–Trinajstić information content (AvgIpc) is 3.17. The van der Waals surface area contributed by atoms with Crippen molar-refractivity contribution in [2.45, 2.75) is 32.1 Å². The standard InChI is InChI=1S/C25H26N2O4/c28-22(16-17-9-10-18-5-1-2-6-19(18)15-17)26-23-20-7-3-4-8-21(20)31-24(23)25(29)27-11-13-30-14-12-27/h3-4,7-10,15H,1-2,5-6,11-14,16H2,(H,26,28). The number of hydrogen-bond donors (Lipinski definition) is 1. The molecule has 0 atom stereocenters. The second-order valence-corrected chi connectivity index (χ2v) is 8.24. The number of nitrogens with zero attached hydrogens (tertiary/aromatic N) is 1. The van der Waals surface area contributed by atoms with Crippen LogP contribution in [-0.4, -0.2) is 43.0 Å². The number of hydrogen-bond acceptors (Lipinski definition) is 4. The van der Waals surface area contributed by atoms with Crippen LogP contribution in [0.25, 0.3) is 11.0 Å². The molecule has 2 aromatic carbocycles. The van der Waals surface area contributed by atoms with Crippen LogP contribution in [0.2, 0.25) is 0 Å². The van der Waals surface area contributed by atoms with E-state index in [1.54, 1.807) is 4.90 Å². The Morgan fingerprint density at radius 3 is 2.58 bits per heavy atom. The maximum absolute atomic E-state index is 13.1. The lowest BCUT2D eigenvalue weighted by atomic mass is 9.90. The number of morpholine rings is 1. The molecule has 1 N–H and O–H groups in total. The lowest BCUT2D eigenvalue weighted by Crippen LogP contribution is -2.40. The largest absolute Gasteiger partial charge is 0.449 e. The number of benzene rings is 2. The van der Waals surface area contributed by atoms with Crippen LogP contribution >= 0.6 is 0 Å². The van der Waals surface area contributed by atoms with Gasteiger partial charge in [0.1, 0.15) is 11.3 Å². The van der Waals surface area contributed by atoms with Crippen molar-refractivity contribution in [2.75, 3.05) is 31.6 Å². The van der Waals surface area contributed by atoms with Crippen LogP contribution in [0.5, 0.6) is 0 Å². The van der Waals surface area contributed by atoms with E-state index < -0.39 is 0 Å². The molecule has 2 aliphatic rings. The first-order chi connectivity index (χ1) is 15.2. The Bertz CT molecular complexity index is 1130. The van der Waals surface area contributed by atoms with Crippen molar-refractivity contribution >= 4 is 28.5 Å². The van der Waals surface area contributed by atoms with E-state index in [1.807, 2.05) is 30.3 Å². The number of fused-ring (bicyclic) bond motifs is 2. The van der Waals surface area contributed by atoms with Crippen molar-refractivity contribution in [1.82, 2.24) is 4.90 Å². The molecular weight excluding hydrogens is 392 g/mol. The topological polar surface area (TPSA) is 71.8 Å². The summed E-state index contributed by atoms with van der Waals surface area (Å²) in [6.45, 7) is 2.04. The Balaban J connectivity index is 1.40. The van der Waals surface area contributed by atoms with Crippen molar-refractivity contribution in [3.63, 3.8) is 0 Å². The van der Waals surface area contributed by atoms with Gasteiger partial charge in [-0.1, -0.05) is 30.3 Å². The molecule has 0 radical (unpaired) electrons. The number of para-hydroxylation sites is 1. The third kappa shape index (κ3) is 4.08. The van der Waals surface area contributed by atoms with Crippen molar-refractivity contribution in [2.24, 2.45) is 0 Å². The molecule has 160 valence electrons. The lowest BCUT2D eigenvalue weighted by molar-refractivity contribution is -0.115. The number of ether oxygens (including phenoxy) is 1. The Hall–Kier alpha value is -3.12. The molecule has 31 heavy (non-hydrogen) atoms. The predicted molar refractivity (Wildman–Crippen MR) is 118 cm³/mol. The van der Waals surface area contributed by atoms with Crippen LogP contribution < -0.4 is 5.32 Å². The summed E-state index contributed by atoms with van der Waals surface area (Å²) < 4.78 is 11.2. The third-order valence-corrected chi connectivity index (χ3v) is 6.13. The Kier molecular flexibility index (Phi) is 5.47. The van der Waals surface area contributed by atoms with E-state index in [4.69, 9.17) is 9.15 Å². The van der Waals surface area contributed by atoms with Crippen LogP contribution in [0.3, 0.4) is 0 Å². The van der Waals surface area contributed by atoms with E-state index in [0.29, 0.717) is 37.6 Å². The minimum Gasteiger partial charge on any atom is -0.449 e. The van der Waals surface area contributed by atoms with Gasteiger partial charge in [0.2, 0.25) is 11.7 Å². The first-order valence-electron chi connectivity index (χ1n) is 11.0. The van der Waals surface area contributed by atoms with Crippen molar-refractivity contribution in [3.8, 4) is 0 Å². The molecule has 5 rings (SSSR count). The highest BCUT2D eigenvalue weighted by Gasteiger charge is 2.27. The van der Waals surface area contributed by atoms with Crippen LogP contribution in [0.4, 0.5) is 5.69 Å². The quantitative estimate of drug-likeness (QED) is 0.696. The summed E-state index contributed by atoms with van der Waals surface area (Å²) >= 11 is 0. The molecule has 2 amide bonds.